The molecule has 0 atom stereocenters. The number of para-hydroxylation sites is 1. The number of carbonyl (C=O) groups is 1. The average Bonchev–Trinajstić information content (AvgIpc) is 2.91. The maximum Gasteiger partial charge on any atom is 0.277 e. The lowest BCUT2D eigenvalue weighted by Gasteiger charge is -2.05. The summed E-state index contributed by atoms with van der Waals surface area (Å²) in [7, 11) is 0. The molecule has 5 nitrogen and oxygen atoms in total. The molecule has 2 N–H and O–H groups in total. The third-order valence-electron chi connectivity index (χ3n) is 2.21. The van der Waals surface area contributed by atoms with Crippen LogP contribution in [0.25, 0.3) is 0 Å². The molecule has 2 aromatic rings. The number of nitrogens with zero attached hydrogens (tertiary/aromatic N) is 1. The lowest BCUT2D eigenvalue weighted by atomic mass is 10.3. The van der Waals surface area contributed by atoms with Crippen molar-refractivity contribution >= 4 is 12.1 Å². The van der Waals surface area contributed by atoms with Crippen molar-refractivity contribution < 1.29 is 13.9 Å². The van der Waals surface area contributed by atoms with Gasteiger partial charge in [-0.25, -0.2) is 9.82 Å². The van der Waals surface area contributed by atoms with Gasteiger partial charge in [0.05, 0.1) is 11.9 Å². The number of H-pyrrole nitrogens is 1. The summed E-state index contributed by atoms with van der Waals surface area (Å²) in [6.07, 6.45) is 3.20. The van der Waals surface area contributed by atoms with E-state index in [1.807, 2.05) is 6.07 Å². The number of halogens is 1. The van der Waals surface area contributed by atoms with Gasteiger partial charge >= 0.3 is 0 Å². The van der Waals surface area contributed by atoms with Gasteiger partial charge in [-0.05, 0) is 24.3 Å². The van der Waals surface area contributed by atoms with Crippen LogP contribution in [-0.2, 0) is 4.79 Å². The molecule has 2 rings (SSSR count). The SMILES string of the molecule is O=C(COc1ccccc1F)NN=Cc1ccc[nH]1. The van der Waals surface area contributed by atoms with Gasteiger partial charge in [-0.2, -0.15) is 5.10 Å². The van der Waals surface area contributed by atoms with Crippen molar-refractivity contribution in [1.29, 1.82) is 0 Å². The molecule has 0 aliphatic carbocycles. The van der Waals surface area contributed by atoms with Crippen LogP contribution in [0.2, 0.25) is 0 Å². The van der Waals surface area contributed by atoms with Gasteiger partial charge in [0.2, 0.25) is 0 Å². The fraction of sp³-hybridized carbons (Fsp3) is 0.0769. The number of benzene rings is 1. The molecular weight excluding hydrogens is 249 g/mol. The normalized spacial score (nSPS) is 10.6. The smallest absolute Gasteiger partial charge is 0.277 e. The standard InChI is InChI=1S/C13H12FN3O2/c14-11-5-1-2-6-12(11)19-9-13(18)17-16-8-10-4-3-7-15-10/h1-8,15H,9H2,(H,17,18). The van der Waals surface area contributed by atoms with E-state index in [9.17, 15) is 9.18 Å². The third-order valence-corrected chi connectivity index (χ3v) is 2.21. The second kappa shape index (κ2) is 6.34. The highest BCUT2D eigenvalue weighted by Crippen LogP contribution is 2.14. The zero-order chi connectivity index (χ0) is 13.5. The summed E-state index contributed by atoms with van der Waals surface area (Å²) in [5.74, 6) is -0.942. The van der Waals surface area contributed by atoms with E-state index < -0.39 is 11.7 Å². The summed E-state index contributed by atoms with van der Waals surface area (Å²) in [5.41, 5.74) is 3.03. The van der Waals surface area contributed by atoms with Crippen LogP contribution in [0.15, 0.2) is 47.7 Å². The highest BCUT2D eigenvalue weighted by Gasteiger charge is 2.04. The number of hydrogen-bond acceptors (Lipinski definition) is 3. The topological polar surface area (TPSA) is 66.5 Å². The molecule has 6 heteroatoms. The first kappa shape index (κ1) is 12.8. The second-order valence-corrected chi connectivity index (χ2v) is 3.64. The largest absolute Gasteiger partial charge is 0.481 e. The first-order chi connectivity index (χ1) is 9.25. The third kappa shape index (κ3) is 3.95. The molecule has 0 aliphatic rings. The molecule has 0 saturated carbocycles. The van der Waals surface area contributed by atoms with E-state index >= 15 is 0 Å². The van der Waals surface area contributed by atoms with Crippen LogP contribution in [-0.4, -0.2) is 23.7 Å². The number of aromatic nitrogens is 1. The van der Waals surface area contributed by atoms with E-state index in [0.717, 1.165) is 5.69 Å². The predicted molar refractivity (Wildman–Crippen MR) is 68.4 cm³/mol. The van der Waals surface area contributed by atoms with Crippen LogP contribution in [0.1, 0.15) is 5.69 Å². The van der Waals surface area contributed by atoms with Crippen molar-refractivity contribution in [2.24, 2.45) is 5.10 Å². The van der Waals surface area contributed by atoms with Crippen LogP contribution in [0.4, 0.5) is 4.39 Å². The molecule has 0 unspecified atom stereocenters. The van der Waals surface area contributed by atoms with Crippen molar-refractivity contribution in [2.75, 3.05) is 6.61 Å². The number of amides is 1. The van der Waals surface area contributed by atoms with Crippen molar-refractivity contribution in [3.05, 3.63) is 54.1 Å². The molecule has 0 saturated heterocycles. The zero-order valence-corrected chi connectivity index (χ0v) is 9.97. The number of carbonyl (C=O) groups excluding carboxylic acids is 1. The van der Waals surface area contributed by atoms with Crippen molar-refractivity contribution in [3.8, 4) is 5.75 Å². The van der Waals surface area contributed by atoms with Crippen LogP contribution in [0.5, 0.6) is 5.75 Å². The van der Waals surface area contributed by atoms with Crippen LogP contribution < -0.4 is 10.2 Å². The Balaban J connectivity index is 1.78. The monoisotopic (exact) mass is 261 g/mol. The number of hydrogen-bond donors (Lipinski definition) is 2. The molecule has 1 aromatic carbocycles. The van der Waals surface area contributed by atoms with Crippen LogP contribution in [0.3, 0.4) is 0 Å². The first-order valence-electron chi connectivity index (χ1n) is 5.58. The average molecular weight is 261 g/mol. The highest BCUT2D eigenvalue weighted by atomic mass is 19.1. The summed E-state index contributed by atoms with van der Waals surface area (Å²) in [5, 5.41) is 3.72. The zero-order valence-electron chi connectivity index (χ0n) is 9.97. The van der Waals surface area contributed by atoms with E-state index in [1.54, 1.807) is 24.4 Å². The van der Waals surface area contributed by atoms with E-state index in [-0.39, 0.29) is 12.4 Å². The summed E-state index contributed by atoms with van der Waals surface area (Å²) in [4.78, 5) is 14.3. The molecule has 0 spiro atoms. The Labute approximate surface area is 109 Å². The molecule has 1 heterocycles. The minimum absolute atomic E-state index is 0.0333. The second-order valence-electron chi connectivity index (χ2n) is 3.64. The van der Waals surface area contributed by atoms with Crippen molar-refractivity contribution in [3.63, 3.8) is 0 Å². The van der Waals surface area contributed by atoms with Crippen molar-refractivity contribution in [1.82, 2.24) is 10.4 Å². The molecule has 1 aromatic heterocycles. The molecule has 0 aliphatic heterocycles. The van der Waals surface area contributed by atoms with Crippen molar-refractivity contribution in [2.45, 2.75) is 0 Å². The minimum Gasteiger partial charge on any atom is -0.481 e. The maximum absolute atomic E-state index is 13.2. The Morgan fingerprint density at radius 1 is 1.37 bits per heavy atom. The molecule has 0 radical (unpaired) electrons. The van der Waals surface area contributed by atoms with E-state index in [2.05, 4.69) is 15.5 Å². The Morgan fingerprint density at radius 2 is 2.21 bits per heavy atom. The fourth-order valence-corrected chi connectivity index (χ4v) is 1.34. The molecule has 0 bridgehead atoms. The van der Waals surface area contributed by atoms with Gasteiger partial charge < -0.3 is 9.72 Å². The molecule has 19 heavy (non-hydrogen) atoms. The minimum atomic E-state index is -0.509. The number of nitrogens with one attached hydrogen (secondary N) is 2. The number of aromatic amines is 1. The fourth-order valence-electron chi connectivity index (χ4n) is 1.34. The highest BCUT2D eigenvalue weighted by molar-refractivity contribution is 5.81. The van der Waals surface area contributed by atoms with Gasteiger partial charge in [0, 0.05) is 6.20 Å². The van der Waals surface area contributed by atoms with Gasteiger partial charge in [0.15, 0.2) is 18.2 Å². The van der Waals surface area contributed by atoms with Gasteiger partial charge in [0.1, 0.15) is 0 Å². The lowest BCUT2D eigenvalue weighted by Crippen LogP contribution is -2.24. The van der Waals surface area contributed by atoms with Crippen LogP contribution in [0, 0.1) is 5.82 Å². The van der Waals surface area contributed by atoms with Crippen LogP contribution >= 0.6 is 0 Å². The summed E-state index contributed by atoms with van der Waals surface area (Å²) < 4.78 is 18.2. The number of ether oxygens (including phenoxy) is 1. The summed E-state index contributed by atoms with van der Waals surface area (Å²) >= 11 is 0. The van der Waals surface area contributed by atoms with E-state index in [1.165, 1.54) is 18.3 Å². The van der Waals surface area contributed by atoms with Gasteiger partial charge in [-0.3, -0.25) is 4.79 Å². The quantitative estimate of drug-likeness (QED) is 0.635. The van der Waals surface area contributed by atoms with E-state index in [0.29, 0.717) is 0 Å². The Bertz CT molecular complexity index is 567. The molecule has 1 amide bonds. The van der Waals surface area contributed by atoms with Gasteiger partial charge in [-0.15, -0.1) is 0 Å². The molecule has 98 valence electrons. The lowest BCUT2D eigenvalue weighted by molar-refractivity contribution is -0.123. The molecule has 0 fully saturated rings. The maximum atomic E-state index is 13.2. The summed E-state index contributed by atoms with van der Waals surface area (Å²) in [6, 6.07) is 9.49. The number of hydrazone groups is 1. The number of rotatable bonds is 5. The predicted octanol–water partition coefficient (Wildman–Crippen LogP) is 1.68. The summed E-state index contributed by atoms with van der Waals surface area (Å²) in [6.45, 7) is -0.303. The Kier molecular flexibility index (Phi) is 4.28. The van der Waals surface area contributed by atoms with Gasteiger partial charge in [-0.1, -0.05) is 12.1 Å². The first-order valence-corrected chi connectivity index (χ1v) is 5.58. The van der Waals surface area contributed by atoms with E-state index in [4.69, 9.17) is 4.74 Å². The van der Waals surface area contributed by atoms with Gasteiger partial charge in [0.25, 0.3) is 5.91 Å². The Hall–Kier alpha value is -2.63. The molecular formula is C13H12FN3O2. The Morgan fingerprint density at radius 3 is 2.95 bits per heavy atom.